The lowest BCUT2D eigenvalue weighted by Gasteiger charge is -2.34. The van der Waals surface area contributed by atoms with Crippen LogP contribution in [0, 0.1) is 20.8 Å². The fourth-order valence-corrected chi connectivity index (χ4v) is 2.43. The van der Waals surface area contributed by atoms with E-state index >= 15 is 0 Å². The molecule has 21 heavy (non-hydrogen) atoms. The SMILES string of the molecule is CCOC(=O)N1CCN(Cc2nc(C)c(C)nc2C)CC1. The van der Waals surface area contributed by atoms with E-state index in [1.165, 1.54) is 0 Å². The van der Waals surface area contributed by atoms with Crippen LogP contribution in [-0.4, -0.2) is 58.6 Å². The topological polar surface area (TPSA) is 58.6 Å². The highest BCUT2D eigenvalue weighted by molar-refractivity contribution is 5.67. The molecule has 2 rings (SSSR count). The van der Waals surface area contributed by atoms with Gasteiger partial charge >= 0.3 is 6.09 Å². The summed E-state index contributed by atoms with van der Waals surface area (Å²) in [6, 6.07) is 0. The summed E-state index contributed by atoms with van der Waals surface area (Å²) in [5, 5.41) is 0. The maximum absolute atomic E-state index is 11.7. The summed E-state index contributed by atoms with van der Waals surface area (Å²) >= 11 is 0. The fourth-order valence-electron chi connectivity index (χ4n) is 2.43. The molecule has 6 nitrogen and oxygen atoms in total. The molecule has 1 fully saturated rings. The lowest BCUT2D eigenvalue weighted by atomic mass is 10.2. The summed E-state index contributed by atoms with van der Waals surface area (Å²) in [4.78, 5) is 24.9. The number of carbonyl (C=O) groups is 1. The zero-order valence-corrected chi connectivity index (χ0v) is 13.3. The van der Waals surface area contributed by atoms with E-state index in [4.69, 9.17) is 4.74 Å². The van der Waals surface area contributed by atoms with Gasteiger partial charge in [0.1, 0.15) is 0 Å². The molecule has 0 spiro atoms. The van der Waals surface area contributed by atoms with E-state index in [1.54, 1.807) is 4.90 Å². The van der Waals surface area contributed by atoms with Crippen LogP contribution in [0.3, 0.4) is 0 Å². The molecule has 0 aliphatic carbocycles. The molecule has 1 aliphatic heterocycles. The molecule has 0 radical (unpaired) electrons. The summed E-state index contributed by atoms with van der Waals surface area (Å²) in [5.41, 5.74) is 4.00. The first-order valence-electron chi connectivity index (χ1n) is 7.46. The van der Waals surface area contributed by atoms with Gasteiger partial charge in [-0.15, -0.1) is 0 Å². The molecule has 0 unspecified atom stereocenters. The van der Waals surface area contributed by atoms with Crippen LogP contribution >= 0.6 is 0 Å². The lowest BCUT2D eigenvalue weighted by molar-refractivity contribution is 0.0774. The van der Waals surface area contributed by atoms with Crippen molar-refractivity contribution in [3.8, 4) is 0 Å². The van der Waals surface area contributed by atoms with Crippen LogP contribution in [0.25, 0.3) is 0 Å². The minimum absolute atomic E-state index is 0.209. The van der Waals surface area contributed by atoms with Crippen molar-refractivity contribution in [3.05, 3.63) is 22.8 Å². The van der Waals surface area contributed by atoms with Gasteiger partial charge in [-0.25, -0.2) is 4.79 Å². The summed E-state index contributed by atoms with van der Waals surface area (Å²) < 4.78 is 5.03. The normalized spacial score (nSPS) is 16.1. The highest BCUT2D eigenvalue weighted by Crippen LogP contribution is 2.12. The van der Waals surface area contributed by atoms with Gasteiger partial charge in [0.2, 0.25) is 0 Å². The van der Waals surface area contributed by atoms with Crippen molar-refractivity contribution in [3.63, 3.8) is 0 Å². The molecule has 2 heterocycles. The quantitative estimate of drug-likeness (QED) is 0.848. The molecule has 0 N–H and O–H groups in total. The van der Waals surface area contributed by atoms with Gasteiger partial charge in [-0.2, -0.15) is 0 Å². The van der Waals surface area contributed by atoms with Crippen LogP contribution in [-0.2, 0) is 11.3 Å². The first kappa shape index (κ1) is 15.7. The smallest absolute Gasteiger partial charge is 0.409 e. The number of piperazine rings is 1. The van der Waals surface area contributed by atoms with Crippen molar-refractivity contribution < 1.29 is 9.53 Å². The second-order valence-electron chi connectivity index (χ2n) is 5.39. The average molecular weight is 292 g/mol. The fraction of sp³-hybridized carbons (Fsp3) is 0.667. The Hall–Kier alpha value is -1.69. The Balaban J connectivity index is 1.92. The number of nitrogens with zero attached hydrogens (tertiary/aromatic N) is 4. The summed E-state index contributed by atoms with van der Waals surface area (Å²) in [6.07, 6.45) is -0.209. The second-order valence-corrected chi connectivity index (χ2v) is 5.39. The minimum atomic E-state index is -0.209. The van der Waals surface area contributed by atoms with E-state index in [0.29, 0.717) is 19.7 Å². The van der Waals surface area contributed by atoms with Gasteiger partial charge in [-0.1, -0.05) is 0 Å². The first-order valence-corrected chi connectivity index (χ1v) is 7.46. The number of ether oxygens (including phenoxy) is 1. The molecule has 1 aromatic heterocycles. The first-order chi connectivity index (χ1) is 10.0. The molecule has 1 saturated heterocycles. The van der Waals surface area contributed by atoms with Crippen molar-refractivity contribution >= 4 is 6.09 Å². The maximum atomic E-state index is 11.7. The molecular formula is C15H24N4O2. The van der Waals surface area contributed by atoms with E-state index in [2.05, 4.69) is 14.9 Å². The number of aryl methyl sites for hydroxylation is 3. The highest BCUT2D eigenvalue weighted by atomic mass is 16.6. The van der Waals surface area contributed by atoms with Gasteiger partial charge < -0.3 is 9.64 Å². The van der Waals surface area contributed by atoms with E-state index in [0.717, 1.165) is 42.4 Å². The highest BCUT2D eigenvalue weighted by Gasteiger charge is 2.22. The Morgan fingerprint density at radius 1 is 1.05 bits per heavy atom. The van der Waals surface area contributed by atoms with E-state index < -0.39 is 0 Å². The monoisotopic (exact) mass is 292 g/mol. The summed E-state index contributed by atoms with van der Waals surface area (Å²) in [7, 11) is 0. The summed E-state index contributed by atoms with van der Waals surface area (Å²) in [6.45, 7) is 12.1. The largest absolute Gasteiger partial charge is 0.450 e. The van der Waals surface area contributed by atoms with Crippen LogP contribution in [0.4, 0.5) is 4.79 Å². The van der Waals surface area contributed by atoms with Crippen molar-refractivity contribution in [2.45, 2.75) is 34.2 Å². The third-order valence-corrected chi connectivity index (χ3v) is 3.85. The minimum Gasteiger partial charge on any atom is -0.450 e. The molecule has 1 aromatic rings. The molecule has 116 valence electrons. The van der Waals surface area contributed by atoms with Crippen molar-refractivity contribution in [2.24, 2.45) is 0 Å². The van der Waals surface area contributed by atoms with Crippen molar-refractivity contribution in [1.82, 2.24) is 19.8 Å². The van der Waals surface area contributed by atoms with Crippen LogP contribution in [0.2, 0.25) is 0 Å². The van der Waals surface area contributed by atoms with Crippen LogP contribution in [0.15, 0.2) is 0 Å². The molecule has 1 amide bonds. The predicted molar refractivity (Wildman–Crippen MR) is 80.1 cm³/mol. The molecule has 0 atom stereocenters. The van der Waals surface area contributed by atoms with Gasteiger partial charge in [0.15, 0.2) is 0 Å². The number of hydrogen-bond donors (Lipinski definition) is 0. The van der Waals surface area contributed by atoms with E-state index in [1.807, 2.05) is 27.7 Å². The Labute approximate surface area is 126 Å². The third kappa shape index (κ3) is 3.91. The molecular weight excluding hydrogens is 268 g/mol. The molecule has 0 saturated carbocycles. The number of rotatable bonds is 3. The Morgan fingerprint density at radius 3 is 2.29 bits per heavy atom. The zero-order valence-electron chi connectivity index (χ0n) is 13.3. The molecule has 0 bridgehead atoms. The molecule has 6 heteroatoms. The summed E-state index contributed by atoms with van der Waals surface area (Å²) in [5.74, 6) is 0. The Bertz CT molecular complexity index is 511. The predicted octanol–water partition coefficient (Wildman–Crippen LogP) is 1.68. The Morgan fingerprint density at radius 2 is 1.67 bits per heavy atom. The third-order valence-electron chi connectivity index (χ3n) is 3.85. The second kappa shape index (κ2) is 6.85. The molecule has 1 aliphatic rings. The van der Waals surface area contributed by atoms with Crippen LogP contribution < -0.4 is 0 Å². The van der Waals surface area contributed by atoms with Gasteiger partial charge in [0, 0.05) is 32.7 Å². The standard InChI is InChI=1S/C15H24N4O2/c1-5-21-15(20)19-8-6-18(7-9-19)10-14-13(4)16-11(2)12(3)17-14/h5-10H2,1-4H3. The van der Waals surface area contributed by atoms with Gasteiger partial charge in [-0.05, 0) is 27.7 Å². The van der Waals surface area contributed by atoms with Crippen molar-refractivity contribution in [2.75, 3.05) is 32.8 Å². The number of aromatic nitrogens is 2. The number of carbonyl (C=O) groups excluding carboxylic acids is 1. The zero-order chi connectivity index (χ0) is 15.4. The van der Waals surface area contributed by atoms with Gasteiger partial charge in [0.05, 0.1) is 29.4 Å². The number of amides is 1. The molecule has 0 aromatic carbocycles. The van der Waals surface area contributed by atoms with Crippen LogP contribution in [0.5, 0.6) is 0 Å². The maximum Gasteiger partial charge on any atom is 0.409 e. The van der Waals surface area contributed by atoms with Gasteiger partial charge in [0.25, 0.3) is 0 Å². The average Bonchev–Trinajstić information content (AvgIpc) is 2.46. The number of hydrogen-bond acceptors (Lipinski definition) is 5. The lowest BCUT2D eigenvalue weighted by Crippen LogP contribution is -2.48. The van der Waals surface area contributed by atoms with Crippen molar-refractivity contribution in [1.29, 1.82) is 0 Å². The van der Waals surface area contributed by atoms with Gasteiger partial charge in [-0.3, -0.25) is 14.9 Å². The van der Waals surface area contributed by atoms with Crippen LogP contribution in [0.1, 0.15) is 29.7 Å². The van der Waals surface area contributed by atoms with E-state index in [-0.39, 0.29) is 6.09 Å². The Kier molecular flexibility index (Phi) is 5.12. The van der Waals surface area contributed by atoms with E-state index in [9.17, 15) is 4.79 Å².